The van der Waals surface area contributed by atoms with Gasteiger partial charge in [-0.1, -0.05) is 13.8 Å². The molecule has 0 bridgehead atoms. The lowest BCUT2D eigenvalue weighted by Crippen LogP contribution is -2.51. The highest BCUT2D eigenvalue weighted by molar-refractivity contribution is 5.82. The lowest BCUT2D eigenvalue weighted by atomic mass is 10.0. The number of carbonyl (C=O) groups excluding carboxylic acids is 1. The molecule has 4 heteroatoms. The lowest BCUT2D eigenvalue weighted by molar-refractivity contribution is -0.134. The molecule has 0 saturated carbocycles. The Morgan fingerprint density at radius 1 is 1.39 bits per heavy atom. The molecule has 1 unspecified atom stereocenters. The molecule has 0 aliphatic carbocycles. The summed E-state index contributed by atoms with van der Waals surface area (Å²) in [5.41, 5.74) is 5.99. The fourth-order valence-corrected chi connectivity index (χ4v) is 2.34. The molecular formula is C14H29N3O. The average molecular weight is 255 g/mol. The normalized spacial score (nSPS) is 22.3. The summed E-state index contributed by atoms with van der Waals surface area (Å²) < 4.78 is 0. The average Bonchev–Trinajstić information content (AvgIpc) is 2.74. The minimum absolute atomic E-state index is 0.129. The first-order valence-electron chi connectivity index (χ1n) is 7.11. The van der Waals surface area contributed by atoms with E-state index in [0.29, 0.717) is 12.1 Å². The number of amides is 1. The van der Waals surface area contributed by atoms with Gasteiger partial charge in [-0.25, -0.2) is 0 Å². The monoisotopic (exact) mass is 255 g/mol. The van der Waals surface area contributed by atoms with Gasteiger partial charge in [-0.15, -0.1) is 0 Å². The van der Waals surface area contributed by atoms with Crippen LogP contribution in [0.4, 0.5) is 0 Å². The highest BCUT2D eigenvalue weighted by atomic mass is 16.2. The van der Waals surface area contributed by atoms with Crippen LogP contribution in [0.3, 0.4) is 0 Å². The maximum absolute atomic E-state index is 12.3. The number of hydrogen-bond acceptors (Lipinski definition) is 3. The highest BCUT2D eigenvalue weighted by Crippen LogP contribution is 2.20. The Hall–Kier alpha value is -0.610. The molecule has 106 valence electrons. The molecule has 2 N–H and O–H groups in total. The molecule has 0 radical (unpaired) electrons. The Bertz CT molecular complexity index is 278. The van der Waals surface area contributed by atoms with Gasteiger partial charge in [0.15, 0.2) is 0 Å². The number of rotatable bonds is 5. The van der Waals surface area contributed by atoms with Crippen LogP contribution in [0.25, 0.3) is 0 Å². The van der Waals surface area contributed by atoms with Crippen molar-refractivity contribution in [3.8, 4) is 0 Å². The summed E-state index contributed by atoms with van der Waals surface area (Å²) >= 11 is 0. The van der Waals surface area contributed by atoms with E-state index >= 15 is 0 Å². The van der Waals surface area contributed by atoms with E-state index in [2.05, 4.69) is 25.8 Å². The molecule has 1 amide bonds. The topological polar surface area (TPSA) is 49.6 Å². The third-order valence-electron chi connectivity index (χ3n) is 4.04. The zero-order valence-electron chi connectivity index (χ0n) is 12.5. The summed E-state index contributed by atoms with van der Waals surface area (Å²) in [6.45, 7) is 10.2. The molecule has 1 aliphatic rings. The second-order valence-electron chi connectivity index (χ2n) is 6.13. The summed E-state index contributed by atoms with van der Waals surface area (Å²) in [7, 11) is 2.12. The second-order valence-corrected chi connectivity index (χ2v) is 6.13. The van der Waals surface area contributed by atoms with Crippen molar-refractivity contribution in [3.05, 3.63) is 0 Å². The first-order chi connectivity index (χ1) is 8.34. The van der Waals surface area contributed by atoms with E-state index in [-0.39, 0.29) is 17.9 Å². The summed E-state index contributed by atoms with van der Waals surface area (Å²) in [6.07, 6.45) is 2.21. The minimum Gasteiger partial charge on any atom is -0.337 e. The highest BCUT2D eigenvalue weighted by Gasteiger charge is 2.33. The molecular weight excluding hydrogens is 226 g/mol. The van der Waals surface area contributed by atoms with Crippen molar-refractivity contribution < 1.29 is 4.79 Å². The third kappa shape index (κ3) is 3.69. The van der Waals surface area contributed by atoms with Crippen LogP contribution in [0, 0.1) is 5.92 Å². The number of hydrogen-bond donors (Lipinski definition) is 1. The van der Waals surface area contributed by atoms with Gasteiger partial charge in [0, 0.05) is 25.2 Å². The summed E-state index contributed by atoms with van der Waals surface area (Å²) in [6, 6.07) is 0.506. The van der Waals surface area contributed by atoms with Gasteiger partial charge in [-0.2, -0.15) is 0 Å². The van der Waals surface area contributed by atoms with Crippen LogP contribution in [0.1, 0.15) is 40.5 Å². The second kappa shape index (κ2) is 6.53. The van der Waals surface area contributed by atoms with Gasteiger partial charge in [-0.3, -0.25) is 4.79 Å². The molecule has 18 heavy (non-hydrogen) atoms. The predicted octanol–water partition coefficient (Wildman–Crippen LogP) is 1.30. The smallest absolute Gasteiger partial charge is 0.240 e. The van der Waals surface area contributed by atoms with Crippen LogP contribution in [0.15, 0.2) is 0 Å². The fourth-order valence-electron chi connectivity index (χ4n) is 2.34. The maximum Gasteiger partial charge on any atom is 0.240 e. The van der Waals surface area contributed by atoms with Gasteiger partial charge in [0.25, 0.3) is 0 Å². The fraction of sp³-hybridized carbons (Fsp3) is 0.929. The first-order valence-corrected chi connectivity index (χ1v) is 7.11. The number of nitrogens with zero attached hydrogens (tertiary/aromatic N) is 2. The zero-order chi connectivity index (χ0) is 13.9. The SMILES string of the molecule is CC(C)C(N)C(=O)N1CCC[C@H]1CN(C)C(C)C. The van der Waals surface area contributed by atoms with Crippen molar-refractivity contribution in [3.63, 3.8) is 0 Å². The number of likely N-dealkylation sites (tertiary alicyclic amines) is 1. The van der Waals surface area contributed by atoms with Crippen LogP contribution in [0.5, 0.6) is 0 Å². The summed E-state index contributed by atoms with van der Waals surface area (Å²) in [5.74, 6) is 0.339. The van der Waals surface area contributed by atoms with E-state index < -0.39 is 0 Å². The van der Waals surface area contributed by atoms with Crippen molar-refractivity contribution in [2.75, 3.05) is 20.1 Å². The van der Waals surface area contributed by atoms with Crippen LogP contribution in [-0.4, -0.2) is 54.0 Å². The maximum atomic E-state index is 12.3. The van der Waals surface area contributed by atoms with Gasteiger partial charge in [0.1, 0.15) is 0 Å². The predicted molar refractivity (Wildman–Crippen MR) is 75.3 cm³/mol. The van der Waals surface area contributed by atoms with Crippen LogP contribution in [0.2, 0.25) is 0 Å². The van der Waals surface area contributed by atoms with Crippen molar-refractivity contribution >= 4 is 5.91 Å². The van der Waals surface area contributed by atoms with Crippen molar-refractivity contribution in [1.29, 1.82) is 0 Å². The van der Waals surface area contributed by atoms with E-state index in [0.717, 1.165) is 25.9 Å². The molecule has 0 aromatic rings. The standard InChI is InChI=1S/C14H29N3O/c1-10(2)13(15)14(18)17-8-6-7-12(17)9-16(5)11(3)4/h10-13H,6-9,15H2,1-5H3/t12-,13?/m0/s1. The quantitative estimate of drug-likeness (QED) is 0.805. The molecule has 4 nitrogen and oxygen atoms in total. The van der Waals surface area contributed by atoms with E-state index in [9.17, 15) is 4.79 Å². The van der Waals surface area contributed by atoms with Crippen molar-refractivity contribution in [1.82, 2.24) is 9.80 Å². The third-order valence-corrected chi connectivity index (χ3v) is 4.04. The first kappa shape index (κ1) is 15.4. The molecule has 1 saturated heterocycles. The molecule has 0 aromatic carbocycles. The van der Waals surface area contributed by atoms with E-state index in [1.165, 1.54) is 0 Å². The number of likely N-dealkylation sites (N-methyl/N-ethyl adjacent to an activating group) is 1. The van der Waals surface area contributed by atoms with E-state index in [4.69, 9.17) is 5.73 Å². The van der Waals surface area contributed by atoms with Gasteiger partial charge in [0.2, 0.25) is 5.91 Å². The van der Waals surface area contributed by atoms with Crippen LogP contribution >= 0.6 is 0 Å². The van der Waals surface area contributed by atoms with Gasteiger partial charge in [0.05, 0.1) is 6.04 Å². The minimum atomic E-state index is -0.352. The molecule has 2 atom stereocenters. The van der Waals surface area contributed by atoms with Gasteiger partial charge in [-0.05, 0) is 39.7 Å². The Morgan fingerprint density at radius 3 is 2.50 bits per heavy atom. The van der Waals surface area contributed by atoms with Gasteiger partial charge >= 0.3 is 0 Å². The molecule has 1 fully saturated rings. The largest absolute Gasteiger partial charge is 0.337 e. The molecule has 1 heterocycles. The van der Waals surface area contributed by atoms with Crippen molar-refractivity contribution in [2.24, 2.45) is 11.7 Å². The molecule has 0 spiro atoms. The zero-order valence-corrected chi connectivity index (χ0v) is 12.5. The Kier molecular flexibility index (Phi) is 5.60. The molecule has 1 aliphatic heterocycles. The number of nitrogens with two attached hydrogens (primary N) is 1. The van der Waals surface area contributed by atoms with Crippen LogP contribution < -0.4 is 5.73 Å². The van der Waals surface area contributed by atoms with E-state index in [1.807, 2.05) is 18.7 Å². The van der Waals surface area contributed by atoms with Crippen molar-refractivity contribution in [2.45, 2.75) is 58.7 Å². The Morgan fingerprint density at radius 2 is 2.00 bits per heavy atom. The Balaban J connectivity index is 2.62. The van der Waals surface area contributed by atoms with Gasteiger partial charge < -0.3 is 15.5 Å². The van der Waals surface area contributed by atoms with Crippen LogP contribution in [-0.2, 0) is 4.79 Å². The lowest BCUT2D eigenvalue weighted by Gasteiger charge is -2.32. The Labute approximate surface area is 111 Å². The number of carbonyl (C=O) groups is 1. The molecule has 0 aromatic heterocycles. The van der Waals surface area contributed by atoms with E-state index in [1.54, 1.807) is 0 Å². The summed E-state index contributed by atoms with van der Waals surface area (Å²) in [5, 5.41) is 0. The molecule has 1 rings (SSSR count). The summed E-state index contributed by atoms with van der Waals surface area (Å²) in [4.78, 5) is 16.6.